The standard InChI is InChI=1S/C9H17N5O3S/c1-9(2,4-6(10)15)13-18(16,17)8-7(11)12-5-14(8)3/h5,13H,4,11H2,1-3H3,(H2,10,15). The molecule has 1 heterocycles. The van der Waals surface area contributed by atoms with Gasteiger partial charge in [-0.15, -0.1) is 0 Å². The van der Waals surface area contributed by atoms with Gasteiger partial charge in [-0.05, 0) is 13.8 Å². The van der Waals surface area contributed by atoms with Crippen molar-refractivity contribution in [3.05, 3.63) is 6.33 Å². The number of aryl methyl sites for hydroxylation is 1. The van der Waals surface area contributed by atoms with Gasteiger partial charge in [0.25, 0.3) is 10.0 Å². The Labute approximate surface area is 105 Å². The van der Waals surface area contributed by atoms with Crippen molar-refractivity contribution >= 4 is 21.7 Å². The maximum Gasteiger partial charge on any atom is 0.260 e. The van der Waals surface area contributed by atoms with Gasteiger partial charge in [0.15, 0.2) is 10.8 Å². The summed E-state index contributed by atoms with van der Waals surface area (Å²) in [5.74, 6) is -0.694. The van der Waals surface area contributed by atoms with Crippen molar-refractivity contribution in [2.45, 2.75) is 30.8 Å². The van der Waals surface area contributed by atoms with Gasteiger partial charge in [0.1, 0.15) is 0 Å². The lowest BCUT2D eigenvalue weighted by Gasteiger charge is -2.24. The molecule has 18 heavy (non-hydrogen) atoms. The maximum atomic E-state index is 12.1. The monoisotopic (exact) mass is 275 g/mol. The number of primary amides is 1. The van der Waals surface area contributed by atoms with E-state index in [-0.39, 0.29) is 17.3 Å². The van der Waals surface area contributed by atoms with Crippen LogP contribution in [0.1, 0.15) is 20.3 Å². The van der Waals surface area contributed by atoms with E-state index in [1.54, 1.807) is 13.8 Å². The van der Waals surface area contributed by atoms with Crippen LogP contribution >= 0.6 is 0 Å². The smallest absolute Gasteiger partial charge is 0.260 e. The SMILES string of the molecule is Cn1cnc(N)c1S(=O)(=O)NC(C)(C)CC(N)=O. The molecule has 0 fully saturated rings. The van der Waals surface area contributed by atoms with Gasteiger partial charge in [0.2, 0.25) is 5.91 Å². The molecule has 0 unspecified atom stereocenters. The molecule has 0 radical (unpaired) electrons. The van der Waals surface area contributed by atoms with Crippen LogP contribution in [0.15, 0.2) is 11.4 Å². The lowest BCUT2D eigenvalue weighted by atomic mass is 10.0. The van der Waals surface area contributed by atoms with E-state index in [4.69, 9.17) is 11.5 Å². The first-order valence-electron chi connectivity index (χ1n) is 5.14. The minimum absolute atomic E-state index is 0.0973. The molecule has 0 aliphatic carbocycles. The summed E-state index contributed by atoms with van der Waals surface area (Å²) in [4.78, 5) is 14.6. The molecule has 0 bridgehead atoms. The van der Waals surface area contributed by atoms with E-state index in [0.29, 0.717) is 0 Å². The van der Waals surface area contributed by atoms with E-state index in [0.717, 1.165) is 0 Å². The minimum atomic E-state index is -3.86. The first-order chi connectivity index (χ1) is 8.05. The predicted octanol–water partition coefficient (Wildman–Crippen LogP) is -1.07. The third-order valence-electron chi connectivity index (χ3n) is 2.19. The molecule has 1 aromatic rings. The van der Waals surface area contributed by atoms with Crippen molar-refractivity contribution < 1.29 is 13.2 Å². The fourth-order valence-corrected chi connectivity index (χ4v) is 3.30. The minimum Gasteiger partial charge on any atom is -0.381 e. The van der Waals surface area contributed by atoms with Crippen LogP contribution in [0.4, 0.5) is 5.82 Å². The summed E-state index contributed by atoms with van der Waals surface area (Å²) in [5.41, 5.74) is 9.57. The van der Waals surface area contributed by atoms with Crippen LogP contribution in [-0.2, 0) is 21.9 Å². The fraction of sp³-hybridized carbons (Fsp3) is 0.556. The molecule has 0 saturated heterocycles. The second kappa shape index (κ2) is 4.58. The van der Waals surface area contributed by atoms with Crippen LogP contribution in [0, 0.1) is 0 Å². The second-order valence-corrected chi connectivity index (χ2v) is 6.28. The molecular weight excluding hydrogens is 258 g/mol. The van der Waals surface area contributed by atoms with E-state index in [1.807, 2.05) is 0 Å². The van der Waals surface area contributed by atoms with Gasteiger partial charge in [-0.2, -0.15) is 0 Å². The lowest BCUT2D eigenvalue weighted by molar-refractivity contribution is -0.119. The number of anilines is 1. The maximum absolute atomic E-state index is 12.1. The lowest BCUT2D eigenvalue weighted by Crippen LogP contribution is -2.46. The Hall–Kier alpha value is -1.61. The summed E-state index contributed by atoms with van der Waals surface area (Å²) in [6.07, 6.45) is 1.18. The summed E-state index contributed by atoms with van der Waals surface area (Å²) in [5, 5.41) is -0.139. The van der Waals surface area contributed by atoms with E-state index >= 15 is 0 Å². The van der Waals surface area contributed by atoms with Crippen molar-refractivity contribution in [2.75, 3.05) is 5.73 Å². The van der Waals surface area contributed by atoms with Crippen LogP contribution in [0.25, 0.3) is 0 Å². The molecule has 0 saturated carbocycles. The van der Waals surface area contributed by atoms with Gasteiger partial charge >= 0.3 is 0 Å². The number of sulfonamides is 1. The van der Waals surface area contributed by atoms with Crippen LogP contribution < -0.4 is 16.2 Å². The van der Waals surface area contributed by atoms with Crippen LogP contribution in [0.5, 0.6) is 0 Å². The molecule has 0 spiro atoms. The molecule has 1 amide bonds. The number of carbonyl (C=O) groups excluding carboxylic acids is 1. The van der Waals surface area contributed by atoms with Gasteiger partial charge in [-0.3, -0.25) is 4.79 Å². The molecule has 0 atom stereocenters. The van der Waals surface area contributed by atoms with Gasteiger partial charge in [-0.1, -0.05) is 0 Å². The normalized spacial score (nSPS) is 12.6. The molecule has 0 aliphatic rings. The van der Waals surface area contributed by atoms with Crippen molar-refractivity contribution in [3.8, 4) is 0 Å². The summed E-state index contributed by atoms with van der Waals surface area (Å²) in [6.45, 7) is 3.11. The van der Waals surface area contributed by atoms with Crippen LogP contribution in [-0.4, -0.2) is 29.4 Å². The Morgan fingerprint density at radius 3 is 2.50 bits per heavy atom. The fourth-order valence-electron chi connectivity index (χ4n) is 1.65. The molecular formula is C9H17N5O3S. The number of rotatable bonds is 5. The highest BCUT2D eigenvalue weighted by molar-refractivity contribution is 7.89. The number of nitrogens with two attached hydrogens (primary N) is 2. The molecule has 9 heteroatoms. The number of hydrogen-bond donors (Lipinski definition) is 3. The number of hydrogen-bond acceptors (Lipinski definition) is 5. The Kier molecular flexibility index (Phi) is 3.67. The van der Waals surface area contributed by atoms with E-state index < -0.39 is 21.5 Å². The first-order valence-corrected chi connectivity index (χ1v) is 6.62. The first kappa shape index (κ1) is 14.5. The zero-order valence-corrected chi connectivity index (χ0v) is 11.3. The molecule has 0 aliphatic heterocycles. The number of nitrogen functional groups attached to an aromatic ring is 1. The number of carbonyl (C=O) groups is 1. The van der Waals surface area contributed by atoms with Gasteiger partial charge in [0, 0.05) is 19.0 Å². The Bertz CT molecular complexity index is 541. The van der Waals surface area contributed by atoms with Gasteiger partial charge in [0.05, 0.1) is 6.33 Å². The molecule has 1 rings (SSSR count). The predicted molar refractivity (Wildman–Crippen MR) is 65.8 cm³/mol. The topological polar surface area (TPSA) is 133 Å². The highest BCUT2D eigenvalue weighted by Crippen LogP contribution is 2.19. The van der Waals surface area contributed by atoms with Crippen molar-refractivity contribution in [1.82, 2.24) is 14.3 Å². The largest absolute Gasteiger partial charge is 0.381 e. The Balaban J connectivity index is 3.07. The second-order valence-electron chi connectivity index (χ2n) is 4.68. The van der Waals surface area contributed by atoms with Gasteiger partial charge in [-0.25, -0.2) is 18.1 Å². The summed E-state index contributed by atoms with van der Waals surface area (Å²) in [6, 6.07) is 0. The van der Waals surface area contributed by atoms with Crippen LogP contribution in [0.3, 0.4) is 0 Å². The quantitative estimate of drug-likeness (QED) is 0.629. The summed E-state index contributed by atoms with van der Waals surface area (Å²) in [7, 11) is -2.35. The average Bonchev–Trinajstić information content (AvgIpc) is 2.41. The molecule has 5 N–H and O–H groups in total. The summed E-state index contributed by atoms with van der Waals surface area (Å²) >= 11 is 0. The van der Waals surface area contributed by atoms with E-state index in [2.05, 4.69) is 9.71 Å². The highest BCUT2D eigenvalue weighted by Gasteiger charge is 2.31. The molecule has 0 aromatic carbocycles. The highest BCUT2D eigenvalue weighted by atomic mass is 32.2. The van der Waals surface area contributed by atoms with Crippen molar-refractivity contribution in [1.29, 1.82) is 0 Å². The van der Waals surface area contributed by atoms with Crippen molar-refractivity contribution in [2.24, 2.45) is 12.8 Å². The number of aromatic nitrogens is 2. The molecule has 1 aromatic heterocycles. The van der Waals surface area contributed by atoms with E-state index in [1.165, 1.54) is 17.9 Å². The number of amides is 1. The van der Waals surface area contributed by atoms with E-state index in [9.17, 15) is 13.2 Å². The molecule has 102 valence electrons. The average molecular weight is 275 g/mol. The van der Waals surface area contributed by atoms with Crippen molar-refractivity contribution in [3.63, 3.8) is 0 Å². The molecule has 8 nitrogen and oxygen atoms in total. The Morgan fingerprint density at radius 1 is 1.56 bits per heavy atom. The van der Waals surface area contributed by atoms with Crippen LogP contribution in [0.2, 0.25) is 0 Å². The third-order valence-corrected chi connectivity index (χ3v) is 4.02. The third kappa shape index (κ3) is 3.20. The van der Waals surface area contributed by atoms with Gasteiger partial charge < -0.3 is 16.0 Å². The number of nitrogens with zero attached hydrogens (tertiary/aromatic N) is 2. The zero-order valence-electron chi connectivity index (χ0n) is 10.5. The summed E-state index contributed by atoms with van der Waals surface area (Å²) < 4.78 is 27.9. The number of nitrogens with one attached hydrogen (secondary N) is 1. The zero-order chi connectivity index (χ0) is 14.1. The number of imidazole rings is 1. The Morgan fingerprint density at radius 2 is 2.11 bits per heavy atom.